The van der Waals surface area contributed by atoms with Crippen LogP contribution in [0.25, 0.3) is 11.0 Å². The maximum atomic E-state index is 12.7. The second-order valence-electron chi connectivity index (χ2n) is 8.04. The van der Waals surface area contributed by atoms with Crippen molar-refractivity contribution in [2.75, 3.05) is 38.0 Å². The number of rotatable bonds is 7. The first kappa shape index (κ1) is 21.1. The van der Waals surface area contributed by atoms with E-state index in [4.69, 9.17) is 0 Å². The molecule has 2 amide bonds. The molecule has 0 aliphatic carbocycles. The monoisotopic (exact) mass is 420 g/mol. The zero-order chi connectivity index (χ0) is 21.6. The number of anilines is 1. The Labute approximate surface area is 182 Å². The lowest BCUT2D eigenvalue weighted by molar-refractivity contribution is -0.895. The van der Waals surface area contributed by atoms with E-state index in [-0.39, 0.29) is 11.8 Å². The van der Waals surface area contributed by atoms with Crippen molar-refractivity contribution in [1.82, 2.24) is 14.5 Å². The van der Waals surface area contributed by atoms with Crippen LogP contribution in [-0.2, 0) is 22.6 Å². The summed E-state index contributed by atoms with van der Waals surface area (Å²) in [4.78, 5) is 32.7. The highest BCUT2D eigenvalue weighted by Gasteiger charge is 2.25. The third kappa shape index (κ3) is 5.11. The van der Waals surface area contributed by atoms with Crippen LogP contribution in [0.15, 0.2) is 54.9 Å². The molecule has 0 atom stereocenters. The molecule has 31 heavy (non-hydrogen) atoms. The van der Waals surface area contributed by atoms with Crippen molar-refractivity contribution in [1.29, 1.82) is 0 Å². The SMILES string of the molecule is CCc1ccccc1NC(=O)C[NH+]1CCN(C(=O)CCn2cnc3ccccc32)CC1. The lowest BCUT2D eigenvalue weighted by atomic mass is 10.1. The molecule has 0 spiro atoms. The minimum atomic E-state index is 0.0302. The van der Waals surface area contributed by atoms with Crippen LogP contribution >= 0.6 is 0 Å². The van der Waals surface area contributed by atoms with Crippen LogP contribution in [0.5, 0.6) is 0 Å². The summed E-state index contributed by atoms with van der Waals surface area (Å²) < 4.78 is 2.03. The van der Waals surface area contributed by atoms with Crippen LogP contribution in [-0.4, -0.2) is 59.0 Å². The Kier molecular flexibility index (Phi) is 6.62. The average Bonchev–Trinajstić information content (AvgIpc) is 3.21. The summed E-state index contributed by atoms with van der Waals surface area (Å²) in [6.07, 6.45) is 3.15. The van der Waals surface area contributed by atoms with Crippen molar-refractivity contribution in [2.24, 2.45) is 0 Å². The number of aryl methyl sites for hydroxylation is 2. The highest BCUT2D eigenvalue weighted by Crippen LogP contribution is 2.15. The Bertz CT molecular complexity index is 1050. The van der Waals surface area contributed by atoms with Crippen molar-refractivity contribution in [3.63, 3.8) is 0 Å². The van der Waals surface area contributed by atoms with E-state index in [1.807, 2.05) is 58.0 Å². The molecule has 162 valence electrons. The van der Waals surface area contributed by atoms with Crippen molar-refractivity contribution >= 4 is 28.5 Å². The fraction of sp³-hybridized carbons (Fsp3) is 0.375. The second kappa shape index (κ2) is 9.75. The Balaban J connectivity index is 1.22. The van der Waals surface area contributed by atoms with Crippen molar-refractivity contribution in [3.05, 3.63) is 60.4 Å². The third-order valence-corrected chi connectivity index (χ3v) is 6.00. The highest BCUT2D eigenvalue weighted by molar-refractivity contribution is 5.92. The maximum Gasteiger partial charge on any atom is 0.279 e. The first-order valence-corrected chi connectivity index (χ1v) is 11.0. The number of hydrogen-bond acceptors (Lipinski definition) is 3. The van der Waals surface area contributed by atoms with E-state index >= 15 is 0 Å². The minimum absolute atomic E-state index is 0.0302. The smallest absolute Gasteiger partial charge is 0.279 e. The van der Waals surface area contributed by atoms with E-state index in [1.54, 1.807) is 6.33 Å². The molecule has 1 fully saturated rings. The Morgan fingerprint density at radius 2 is 1.81 bits per heavy atom. The van der Waals surface area contributed by atoms with E-state index in [1.165, 1.54) is 4.90 Å². The molecule has 0 unspecified atom stereocenters. The lowest BCUT2D eigenvalue weighted by Crippen LogP contribution is -3.15. The zero-order valence-corrected chi connectivity index (χ0v) is 18.0. The largest absolute Gasteiger partial charge is 0.331 e. The number of quaternary nitrogens is 1. The van der Waals surface area contributed by atoms with E-state index < -0.39 is 0 Å². The van der Waals surface area contributed by atoms with Gasteiger partial charge in [0, 0.05) is 18.7 Å². The Morgan fingerprint density at radius 1 is 1.06 bits per heavy atom. The number of fused-ring (bicyclic) bond motifs is 1. The molecule has 0 saturated carbocycles. The first-order chi connectivity index (χ1) is 15.1. The quantitative estimate of drug-likeness (QED) is 0.606. The summed E-state index contributed by atoms with van der Waals surface area (Å²) in [6, 6.07) is 15.9. The summed E-state index contributed by atoms with van der Waals surface area (Å²) in [7, 11) is 0. The van der Waals surface area contributed by atoms with Crippen LogP contribution in [0.2, 0.25) is 0 Å². The molecule has 3 aromatic rings. The van der Waals surface area contributed by atoms with E-state index in [0.29, 0.717) is 32.6 Å². The summed E-state index contributed by atoms with van der Waals surface area (Å²) in [6.45, 7) is 6.12. The molecule has 1 aliphatic rings. The van der Waals surface area contributed by atoms with Crippen molar-refractivity contribution in [3.8, 4) is 0 Å². The van der Waals surface area contributed by atoms with Gasteiger partial charge in [-0.05, 0) is 30.2 Å². The number of para-hydroxylation sites is 3. The lowest BCUT2D eigenvalue weighted by Gasteiger charge is -2.32. The minimum Gasteiger partial charge on any atom is -0.331 e. The molecule has 7 nitrogen and oxygen atoms in total. The molecule has 2 N–H and O–H groups in total. The molecule has 1 aliphatic heterocycles. The van der Waals surface area contributed by atoms with Gasteiger partial charge in [0.1, 0.15) is 0 Å². The fourth-order valence-electron chi connectivity index (χ4n) is 4.18. The summed E-state index contributed by atoms with van der Waals surface area (Å²) in [5.41, 5.74) is 4.05. The summed E-state index contributed by atoms with van der Waals surface area (Å²) >= 11 is 0. The molecule has 1 saturated heterocycles. The average molecular weight is 421 g/mol. The predicted molar refractivity (Wildman–Crippen MR) is 121 cm³/mol. The van der Waals surface area contributed by atoms with Gasteiger partial charge in [0.2, 0.25) is 5.91 Å². The van der Waals surface area contributed by atoms with Crippen LogP contribution in [0.3, 0.4) is 0 Å². The highest BCUT2D eigenvalue weighted by atomic mass is 16.2. The number of benzene rings is 2. The number of hydrogen-bond donors (Lipinski definition) is 2. The molecule has 4 rings (SSSR count). The van der Waals surface area contributed by atoms with Gasteiger partial charge in [-0.2, -0.15) is 0 Å². The molecule has 7 heteroatoms. The predicted octanol–water partition coefficient (Wildman–Crippen LogP) is 1.35. The molecule has 0 bridgehead atoms. The van der Waals surface area contributed by atoms with Crippen molar-refractivity contribution < 1.29 is 14.5 Å². The Morgan fingerprint density at radius 3 is 2.61 bits per heavy atom. The van der Waals surface area contributed by atoms with Gasteiger partial charge in [-0.15, -0.1) is 0 Å². The first-order valence-electron chi connectivity index (χ1n) is 11.0. The van der Waals surface area contributed by atoms with E-state index in [0.717, 1.165) is 41.8 Å². The fourth-order valence-corrected chi connectivity index (χ4v) is 4.18. The number of nitrogens with zero attached hydrogens (tertiary/aromatic N) is 3. The molecule has 1 aromatic heterocycles. The molecular formula is C24H30N5O2+. The molecule has 2 aromatic carbocycles. The number of imidazole rings is 1. The van der Waals surface area contributed by atoms with Gasteiger partial charge in [-0.3, -0.25) is 9.59 Å². The van der Waals surface area contributed by atoms with E-state index in [9.17, 15) is 9.59 Å². The number of carbonyl (C=O) groups is 2. The molecular weight excluding hydrogens is 390 g/mol. The number of piperazine rings is 1. The van der Waals surface area contributed by atoms with Gasteiger partial charge in [0.15, 0.2) is 6.54 Å². The molecule has 2 heterocycles. The van der Waals surface area contributed by atoms with Crippen molar-refractivity contribution in [2.45, 2.75) is 26.3 Å². The van der Waals surface area contributed by atoms with E-state index in [2.05, 4.69) is 17.2 Å². The number of carbonyl (C=O) groups excluding carboxylic acids is 2. The van der Waals surface area contributed by atoms with Crippen LogP contribution < -0.4 is 10.2 Å². The number of nitrogens with one attached hydrogen (secondary N) is 2. The topological polar surface area (TPSA) is 71.7 Å². The third-order valence-electron chi connectivity index (χ3n) is 6.00. The number of amides is 2. The van der Waals surface area contributed by atoms with Crippen LogP contribution in [0.1, 0.15) is 18.9 Å². The van der Waals surface area contributed by atoms with Gasteiger partial charge in [-0.25, -0.2) is 4.98 Å². The normalized spacial score (nSPS) is 14.7. The van der Waals surface area contributed by atoms with Crippen LogP contribution in [0, 0.1) is 0 Å². The van der Waals surface area contributed by atoms with Gasteiger partial charge in [0.25, 0.3) is 5.91 Å². The van der Waals surface area contributed by atoms with Gasteiger partial charge in [-0.1, -0.05) is 37.3 Å². The summed E-state index contributed by atoms with van der Waals surface area (Å²) in [5, 5.41) is 3.04. The maximum absolute atomic E-state index is 12.7. The Hall–Kier alpha value is -3.19. The van der Waals surface area contributed by atoms with Gasteiger partial charge >= 0.3 is 0 Å². The summed E-state index contributed by atoms with van der Waals surface area (Å²) in [5.74, 6) is 0.195. The number of aromatic nitrogens is 2. The zero-order valence-electron chi connectivity index (χ0n) is 18.0. The van der Waals surface area contributed by atoms with Gasteiger partial charge < -0.3 is 19.7 Å². The van der Waals surface area contributed by atoms with Gasteiger partial charge in [0.05, 0.1) is 43.5 Å². The molecule has 0 radical (unpaired) electrons. The van der Waals surface area contributed by atoms with Crippen LogP contribution in [0.4, 0.5) is 5.69 Å². The second-order valence-corrected chi connectivity index (χ2v) is 8.04. The standard InChI is InChI=1S/C24H29N5O2/c1-2-19-7-3-4-8-20(19)26-23(30)17-27-13-15-28(16-14-27)24(31)11-12-29-18-25-21-9-5-6-10-22(21)29/h3-10,18H,2,11-17H2,1H3,(H,26,30)/p+1.